The molecule has 0 atom stereocenters. The highest BCUT2D eigenvalue weighted by atomic mass is 16.7. The molecule has 0 saturated carbocycles. The number of hydrogen-bond donors (Lipinski definition) is 0. The fourth-order valence-corrected chi connectivity index (χ4v) is 4.52. The smallest absolute Gasteiger partial charge is 0.270 e. The lowest BCUT2D eigenvalue weighted by Crippen LogP contribution is -2.46. The van der Waals surface area contributed by atoms with Crippen LogP contribution in [0.1, 0.15) is 11.1 Å². The highest BCUT2D eigenvalue weighted by Gasteiger charge is 2.22. The van der Waals surface area contributed by atoms with E-state index in [-0.39, 0.29) is 12.5 Å². The fourth-order valence-electron chi connectivity index (χ4n) is 4.52. The molecule has 10 heteroatoms. The van der Waals surface area contributed by atoms with Crippen molar-refractivity contribution in [3.63, 3.8) is 0 Å². The number of nitro benzene ring substituents is 1. The van der Waals surface area contributed by atoms with Crippen LogP contribution >= 0.6 is 0 Å². The van der Waals surface area contributed by atoms with E-state index in [2.05, 4.69) is 20.9 Å². The van der Waals surface area contributed by atoms with Crippen LogP contribution in [0.25, 0.3) is 0 Å². The van der Waals surface area contributed by atoms with Gasteiger partial charge in [0.15, 0.2) is 11.5 Å². The van der Waals surface area contributed by atoms with Crippen LogP contribution in [0.4, 0.5) is 17.1 Å². The lowest BCUT2D eigenvalue weighted by molar-refractivity contribution is -0.384. The van der Waals surface area contributed by atoms with E-state index < -0.39 is 4.92 Å². The van der Waals surface area contributed by atoms with E-state index in [0.29, 0.717) is 22.7 Å². The first-order valence-electron chi connectivity index (χ1n) is 11.9. The van der Waals surface area contributed by atoms with E-state index in [0.717, 1.165) is 49.9 Å². The van der Waals surface area contributed by atoms with Crippen molar-refractivity contribution in [2.75, 3.05) is 52.1 Å². The second kappa shape index (κ2) is 10.8. The minimum absolute atomic E-state index is 0.0216. The first-order chi connectivity index (χ1) is 18.0. The van der Waals surface area contributed by atoms with Crippen molar-refractivity contribution in [3.05, 3.63) is 75.8 Å². The monoisotopic (exact) mass is 504 g/mol. The molecule has 192 valence electrons. The first kappa shape index (κ1) is 24.4. The van der Waals surface area contributed by atoms with Crippen LogP contribution in [-0.2, 0) is 6.54 Å². The third-order valence-corrected chi connectivity index (χ3v) is 6.51. The van der Waals surface area contributed by atoms with Gasteiger partial charge in [0.25, 0.3) is 5.69 Å². The summed E-state index contributed by atoms with van der Waals surface area (Å²) in [5.74, 6) is 2.79. The second-order valence-corrected chi connectivity index (χ2v) is 8.75. The molecule has 37 heavy (non-hydrogen) atoms. The molecule has 10 nitrogen and oxygen atoms in total. The van der Waals surface area contributed by atoms with Gasteiger partial charge in [0.2, 0.25) is 6.79 Å². The number of anilines is 1. The number of fused-ring (bicyclic) bond motifs is 1. The van der Waals surface area contributed by atoms with Gasteiger partial charge in [-0.1, -0.05) is 6.07 Å². The van der Waals surface area contributed by atoms with Gasteiger partial charge in [-0.2, -0.15) is 0 Å². The number of aliphatic imine (C=N–C) groups is 1. The van der Waals surface area contributed by atoms with Crippen LogP contribution in [0.3, 0.4) is 0 Å². The van der Waals surface area contributed by atoms with E-state index in [4.69, 9.17) is 18.9 Å². The van der Waals surface area contributed by atoms with E-state index in [1.54, 1.807) is 56.8 Å². The number of non-ortho nitro benzene ring substituents is 1. The van der Waals surface area contributed by atoms with Crippen molar-refractivity contribution in [3.8, 4) is 23.0 Å². The van der Waals surface area contributed by atoms with Gasteiger partial charge in [-0.05, 0) is 35.9 Å². The van der Waals surface area contributed by atoms with Gasteiger partial charge in [0, 0.05) is 68.4 Å². The Labute approximate surface area is 214 Å². The molecule has 0 aliphatic carbocycles. The molecular formula is C27H28N4O6. The zero-order chi connectivity index (χ0) is 25.8. The molecule has 2 aliphatic rings. The maximum absolute atomic E-state index is 11.5. The van der Waals surface area contributed by atoms with Crippen LogP contribution in [-0.4, -0.2) is 63.2 Å². The molecular weight excluding hydrogens is 476 g/mol. The van der Waals surface area contributed by atoms with E-state index in [9.17, 15) is 10.1 Å². The predicted molar refractivity (Wildman–Crippen MR) is 140 cm³/mol. The first-order valence-corrected chi connectivity index (χ1v) is 11.9. The topological polar surface area (TPSA) is 98.9 Å². The Morgan fingerprint density at radius 3 is 2.54 bits per heavy atom. The summed E-state index contributed by atoms with van der Waals surface area (Å²) in [6.07, 6.45) is 1.66. The summed E-state index contributed by atoms with van der Waals surface area (Å²) >= 11 is 0. The van der Waals surface area contributed by atoms with Gasteiger partial charge in [-0.3, -0.25) is 20.0 Å². The molecule has 0 radical (unpaired) electrons. The Hall–Kier alpha value is -4.31. The van der Waals surface area contributed by atoms with E-state index in [1.165, 1.54) is 5.56 Å². The summed E-state index contributed by atoms with van der Waals surface area (Å²) in [6.45, 7) is 4.37. The van der Waals surface area contributed by atoms with Crippen molar-refractivity contribution >= 4 is 23.3 Å². The molecule has 5 rings (SSSR count). The van der Waals surface area contributed by atoms with E-state index in [1.807, 2.05) is 12.1 Å². The molecule has 2 heterocycles. The summed E-state index contributed by atoms with van der Waals surface area (Å²) in [4.78, 5) is 20.3. The van der Waals surface area contributed by atoms with Crippen LogP contribution < -0.4 is 23.8 Å². The third kappa shape index (κ3) is 5.44. The lowest BCUT2D eigenvalue weighted by Gasteiger charge is -2.36. The van der Waals surface area contributed by atoms with Crippen LogP contribution in [0.2, 0.25) is 0 Å². The number of hydrogen-bond acceptors (Lipinski definition) is 9. The molecule has 0 amide bonds. The molecule has 1 fully saturated rings. The third-order valence-electron chi connectivity index (χ3n) is 6.51. The maximum atomic E-state index is 11.5. The fraction of sp³-hybridized carbons (Fsp3) is 0.296. The molecule has 0 spiro atoms. The van der Waals surface area contributed by atoms with Crippen molar-refractivity contribution in [1.82, 2.24) is 4.90 Å². The standard InChI is InChI=1S/C27H28N4O6/c1-34-22-5-6-23(26(15-22)35-2)28-16-20-14-21(31(32)33)4-7-24(20)30-11-9-29(10-12-30)17-19-3-8-25-27(13-19)37-18-36-25/h3-8,13-16H,9-12,17-18H2,1-2H3. The van der Waals surface area contributed by atoms with Crippen LogP contribution in [0.15, 0.2) is 59.6 Å². The molecule has 0 N–H and O–H groups in total. The Bertz CT molecular complexity index is 1320. The van der Waals surface area contributed by atoms with E-state index >= 15 is 0 Å². The van der Waals surface area contributed by atoms with Crippen molar-refractivity contribution in [2.45, 2.75) is 6.54 Å². The summed E-state index contributed by atoms with van der Waals surface area (Å²) in [6, 6.07) is 16.3. The number of methoxy groups -OCH3 is 2. The summed E-state index contributed by atoms with van der Waals surface area (Å²) < 4.78 is 21.6. The second-order valence-electron chi connectivity index (χ2n) is 8.75. The number of rotatable bonds is 8. The highest BCUT2D eigenvalue weighted by Crippen LogP contribution is 2.34. The number of nitro groups is 1. The molecule has 0 unspecified atom stereocenters. The van der Waals surface area contributed by atoms with Gasteiger partial charge in [-0.25, -0.2) is 0 Å². The predicted octanol–water partition coefficient (Wildman–Crippen LogP) is 4.41. The highest BCUT2D eigenvalue weighted by molar-refractivity contribution is 5.91. The quantitative estimate of drug-likeness (QED) is 0.253. The maximum Gasteiger partial charge on any atom is 0.270 e. The minimum atomic E-state index is -0.390. The molecule has 0 aromatic heterocycles. The number of ether oxygens (including phenoxy) is 4. The van der Waals surface area contributed by atoms with Gasteiger partial charge in [0.05, 0.1) is 19.1 Å². The average Bonchev–Trinajstić information content (AvgIpc) is 3.40. The zero-order valence-electron chi connectivity index (χ0n) is 20.8. The number of piperazine rings is 1. The Morgan fingerprint density at radius 1 is 0.973 bits per heavy atom. The molecule has 3 aromatic rings. The largest absolute Gasteiger partial charge is 0.497 e. The number of nitrogens with zero attached hydrogens (tertiary/aromatic N) is 4. The molecule has 1 saturated heterocycles. The molecule has 2 aliphatic heterocycles. The summed E-state index contributed by atoms with van der Waals surface area (Å²) in [5.41, 5.74) is 3.39. The van der Waals surface area contributed by atoms with Gasteiger partial charge < -0.3 is 23.8 Å². The van der Waals surface area contributed by atoms with Gasteiger partial charge in [-0.15, -0.1) is 0 Å². The van der Waals surface area contributed by atoms with Crippen LogP contribution in [0.5, 0.6) is 23.0 Å². The summed E-state index contributed by atoms with van der Waals surface area (Å²) in [5, 5.41) is 11.5. The lowest BCUT2D eigenvalue weighted by atomic mass is 10.1. The zero-order valence-corrected chi connectivity index (χ0v) is 20.8. The molecule has 3 aromatic carbocycles. The van der Waals surface area contributed by atoms with Crippen molar-refractivity contribution in [1.29, 1.82) is 0 Å². The van der Waals surface area contributed by atoms with Gasteiger partial charge >= 0.3 is 0 Å². The Balaban J connectivity index is 1.32. The van der Waals surface area contributed by atoms with Crippen LogP contribution in [0, 0.1) is 10.1 Å². The average molecular weight is 505 g/mol. The molecule has 0 bridgehead atoms. The SMILES string of the molecule is COc1ccc(N=Cc2cc([N+](=O)[O-])ccc2N2CCN(Cc3ccc4c(c3)OCO4)CC2)c(OC)c1. The minimum Gasteiger partial charge on any atom is -0.497 e. The Morgan fingerprint density at radius 2 is 1.78 bits per heavy atom. The van der Waals surface area contributed by atoms with Crippen molar-refractivity contribution < 1.29 is 23.9 Å². The normalized spacial score (nSPS) is 15.2. The number of benzene rings is 3. The van der Waals surface area contributed by atoms with Gasteiger partial charge in [0.1, 0.15) is 17.2 Å². The Kier molecular flexibility index (Phi) is 7.09. The van der Waals surface area contributed by atoms with Crippen molar-refractivity contribution in [2.24, 2.45) is 4.99 Å². The summed E-state index contributed by atoms with van der Waals surface area (Å²) in [7, 11) is 3.15.